The van der Waals surface area contributed by atoms with Crippen LogP contribution in [0, 0.1) is 5.92 Å². The number of carbonyl (C=O) groups is 1. The van der Waals surface area contributed by atoms with Gasteiger partial charge in [-0.15, -0.1) is 24.0 Å². The molecule has 2 saturated heterocycles. The predicted molar refractivity (Wildman–Crippen MR) is 135 cm³/mol. The maximum absolute atomic E-state index is 12.8. The summed E-state index contributed by atoms with van der Waals surface area (Å²) in [6.07, 6.45) is 9.32. The predicted octanol–water partition coefficient (Wildman–Crippen LogP) is 1.98. The van der Waals surface area contributed by atoms with Gasteiger partial charge in [-0.2, -0.15) is 0 Å². The fourth-order valence-corrected chi connectivity index (χ4v) is 4.91. The van der Waals surface area contributed by atoms with Gasteiger partial charge < -0.3 is 25.3 Å². The first-order valence-electron chi connectivity index (χ1n) is 11.8. The van der Waals surface area contributed by atoms with E-state index in [1.54, 1.807) is 0 Å². The van der Waals surface area contributed by atoms with E-state index in [2.05, 4.69) is 37.4 Å². The number of aliphatic imine (C=N–C) groups is 1. The van der Waals surface area contributed by atoms with Crippen LogP contribution in [0.1, 0.15) is 51.4 Å². The fraction of sp³-hybridized carbons (Fsp3) is 0.909. The first kappa shape index (κ1) is 25.6. The Balaban J connectivity index is 0.00000320. The number of rotatable bonds is 6. The highest BCUT2D eigenvalue weighted by atomic mass is 127. The highest BCUT2D eigenvalue weighted by Gasteiger charge is 2.31. The number of hydrogen-bond acceptors (Lipinski definition) is 4. The van der Waals surface area contributed by atoms with Crippen molar-refractivity contribution in [2.75, 3.05) is 66.5 Å². The Kier molecular flexibility index (Phi) is 11.7. The second-order valence-electron chi connectivity index (χ2n) is 9.10. The van der Waals surface area contributed by atoms with Gasteiger partial charge >= 0.3 is 0 Å². The number of amides is 1. The molecule has 0 aromatic rings. The molecule has 0 spiro atoms. The van der Waals surface area contributed by atoms with Crippen molar-refractivity contribution in [1.29, 1.82) is 0 Å². The Morgan fingerprint density at radius 1 is 1.00 bits per heavy atom. The van der Waals surface area contributed by atoms with Crippen molar-refractivity contribution in [2.45, 2.75) is 57.4 Å². The average molecular weight is 535 g/mol. The van der Waals surface area contributed by atoms with E-state index < -0.39 is 0 Å². The molecule has 0 aromatic heterocycles. The third-order valence-corrected chi connectivity index (χ3v) is 6.77. The van der Waals surface area contributed by atoms with Crippen molar-refractivity contribution < 1.29 is 4.79 Å². The Bertz CT molecular complexity index is 540. The smallest absolute Gasteiger partial charge is 0.225 e. The number of likely N-dealkylation sites (tertiary alicyclic amines) is 1. The highest BCUT2D eigenvalue weighted by Crippen LogP contribution is 2.26. The number of halogens is 1. The van der Waals surface area contributed by atoms with E-state index in [1.165, 1.54) is 51.9 Å². The standard InChI is InChI=1S/C22H42N6O.HI/c1-23-22(24-11-6-13-27-14-7-12-26(2)16-17-27)25-20-10-15-28(18-20)21(29)19-8-4-3-5-9-19;/h19-20H,3-18H2,1-2H3,(H2,23,24,25);1H. The van der Waals surface area contributed by atoms with Gasteiger partial charge in [0.2, 0.25) is 5.91 Å². The third kappa shape index (κ3) is 8.15. The number of nitrogens with one attached hydrogen (secondary N) is 2. The van der Waals surface area contributed by atoms with Crippen LogP contribution in [0.4, 0.5) is 0 Å². The van der Waals surface area contributed by atoms with Crippen LogP contribution in [-0.4, -0.2) is 99.1 Å². The third-order valence-electron chi connectivity index (χ3n) is 6.77. The molecule has 2 aliphatic heterocycles. The van der Waals surface area contributed by atoms with Crippen LogP contribution in [0.2, 0.25) is 0 Å². The molecule has 0 aromatic carbocycles. The van der Waals surface area contributed by atoms with Gasteiger partial charge in [-0.3, -0.25) is 9.79 Å². The molecular formula is C22H43IN6O. The largest absolute Gasteiger partial charge is 0.356 e. The van der Waals surface area contributed by atoms with Crippen LogP contribution < -0.4 is 10.6 Å². The number of nitrogens with zero attached hydrogens (tertiary/aromatic N) is 4. The summed E-state index contributed by atoms with van der Waals surface area (Å²) in [4.78, 5) is 24.2. The van der Waals surface area contributed by atoms with Gasteiger partial charge in [0.1, 0.15) is 0 Å². The van der Waals surface area contributed by atoms with E-state index in [0.717, 1.165) is 57.8 Å². The highest BCUT2D eigenvalue weighted by molar-refractivity contribution is 14.0. The summed E-state index contributed by atoms with van der Waals surface area (Å²) < 4.78 is 0. The molecule has 3 fully saturated rings. The molecule has 30 heavy (non-hydrogen) atoms. The van der Waals surface area contributed by atoms with Crippen LogP contribution >= 0.6 is 24.0 Å². The SMILES string of the molecule is CN=C(NCCCN1CCCN(C)CC1)NC1CCN(C(=O)C2CCCCC2)C1.I. The van der Waals surface area contributed by atoms with Crippen molar-refractivity contribution in [3.63, 3.8) is 0 Å². The molecule has 1 saturated carbocycles. The molecule has 174 valence electrons. The van der Waals surface area contributed by atoms with E-state index in [1.807, 2.05) is 7.05 Å². The molecule has 1 atom stereocenters. The number of guanidine groups is 1. The molecule has 0 bridgehead atoms. The normalized spacial score (nSPS) is 24.9. The van der Waals surface area contributed by atoms with E-state index >= 15 is 0 Å². The molecule has 3 aliphatic rings. The molecule has 7 nitrogen and oxygen atoms in total. The lowest BCUT2D eigenvalue weighted by atomic mass is 9.88. The Morgan fingerprint density at radius 2 is 1.80 bits per heavy atom. The van der Waals surface area contributed by atoms with Crippen molar-refractivity contribution in [2.24, 2.45) is 10.9 Å². The molecular weight excluding hydrogens is 491 g/mol. The van der Waals surface area contributed by atoms with Gasteiger partial charge in [0, 0.05) is 51.7 Å². The summed E-state index contributed by atoms with van der Waals surface area (Å²) in [5, 5.41) is 7.00. The van der Waals surface area contributed by atoms with Gasteiger partial charge in [-0.05, 0) is 58.8 Å². The molecule has 2 heterocycles. The van der Waals surface area contributed by atoms with E-state index in [0.29, 0.717) is 11.9 Å². The summed E-state index contributed by atoms with van der Waals surface area (Å²) in [7, 11) is 4.05. The van der Waals surface area contributed by atoms with Crippen LogP contribution in [0.15, 0.2) is 4.99 Å². The first-order valence-corrected chi connectivity index (χ1v) is 11.8. The number of hydrogen-bond donors (Lipinski definition) is 2. The summed E-state index contributed by atoms with van der Waals surface area (Å²) in [6, 6.07) is 0.315. The molecule has 3 rings (SSSR count). The molecule has 1 aliphatic carbocycles. The molecule has 1 unspecified atom stereocenters. The second kappa shape index (κ2) is 13.7. The topological polar surface area (TPSA) is 63.2 Å². The van der Waals surface area contributed by atoms with E-state index in [4.69, 9.17) is 0 Å². The van der Waals surface area contributed by atoms with Crippen LogP contribution in [0.5, 0.6) is 0 Å². The lowest BCUT2D eigenvalue weighted by Gasteiger charge is -2.26. The zero-order valence-corrected chi connectivity index (χ0v) is 21.4. The van der Waals surface area contributed by atoms with Crippen molar-refractivity contribution >= 4 is 35.8 Å². The van der Waals surface area contributed by atoms with Gasteiger partial charge in [0.25, 0.3) is 0 Å². The van der Waals surface area contributed by atoms with Gasteiger partial charge in [0.05, 0.1) is 0 Å². The van der Waals surface area contributed by atoms with E-state index in [-0.39, 0.29) is 29.9 Å². The number of likely N-dealkylation sites (N-methyl/N-ethyl adjacent to an activating group) is 1. The van der Waals surface area contributed by atoms with Gasteiger partial charge in [-0.25, -0.2) is 0 Å². The summed E-state index contributed by atoms with van der Waals surface area (Å²) >= 11 is 0. The minimum atomic E-state index is 0. The van der Waals surface area contributed by atoms with Crippen molar-refractivity contribution in [1.82, 2.24) is 25.3 Å². The Morgan fingerprint density at radius 3 is 2.57 bits per heavy atom. The van der Waals surface area contributed by atoms with Crippen molar-refractivity contribution in [3.05, 3.63) is 0 Å². The molecule has 8 heteroatoms. The minimum Gasteiger partial charge on any atom is -0.356 e. The molecule has 1 amide bonds. The van der Waals surface area contributed by atoms with Crippen LogP contribution in [-0.2, 0) is 4.79 Å². The zero-order chi connectivity index (χ0) is 20.5. The van der Waals surface area contributed by atoms with Gasteiger partial charge in [-0.1, -0.05) is 19.3 Å². The average Bonchev–Trinajstić information content (AvgIpc) is 3.12. The quantitative estimate of drug-likeness (QED) is 0.236. The second-order valence-corrected chi connectivity index (χ2v) is 9.10. The summed E-state index contributed by atoms with van der Waals surface area (Å²) in [6.45, 7) is 8.56. The lowest BCUT2D eigenvalue weighted by Crippen LogP contribution is -2.46. The Hall–Kier alpha value is -0.610. The maximum Gasteiger partial charge on any atom is 0.225 e. The van der Waals surface area contributed by atoms with Crippen molar-refractivity contribution in [3.8, 4) is 0 Å². The Labute approximate surface area is 200 Å². The van der Waals surface area contributed by atoms with Gasteiger partial charge in [0.15, 0.2) is 5.96 Å². The molecule has 2 N–H and O–H groups in total. The monoisotopic (exact) mass is 534 g/mol. The summed E-state index contributed by atoms with van der Waals surface area (Å²) in [5.41, 5.74) is 0. The summed E-state index contributed by atoms with van der Waals surface area (Å²) in [5.74, 6) is 1.54. The zero-order valence-electron chi connectivity index (χ0n) is 19.1. The molecule has 0 radical (unpaired) electrons. The van der Waals surface area contributed by atoms with Crippen LogP contribution in [0.25, 0.3) is 0 Å². The minimum absolute atomic E-state index is 0. The van der Waals surface area contributed by atoms with E-state index in [9.17, 15) is 4.79 Å². The lowest BCUT2D eigenvalue weighted by molar-refractivity contribution is -0.135. The maximum atomic E-state index is 12.8. The fourth-order valence-electron chi connectivity index (χ4n) is 4.91. The first-order chi connectivity index (χ1) is 14.2. The van der Waals surface area contributed by atoms with Crippen LogP contribution in [0.3, 0.4) is 0 Å². The number of carbonyl (C=O) groups excluding carboxylic acids is 1.